The van der Waals surface area contributed by atoms with Gasteiger partial charge in [0, 0.05) is 12.0 Å². The van der Waals surface area contributed by atoms with E-state index in [0.29, 0.717) is 18.5 Å². The molecule has 2 heterocycles. The summed E-state index contributed by atoms with van der Waals surface area (Å²) >= 11 is 0. The molecule has 1 fully saturated rings. The Balaban J connectivity index is 2.03. The van der Waals surface area contributed by atoms with Crippen LogP contribution in [0, 0.1) is 11.1 Å². The fourth-order valence-electron chi connectivity index (χ4n) is 3.41. The second-order valence-corrected chi connectivity index (χ2v) is 6.67. The number of aliphatic hydroxyl groups excluding tert-OH is 2. The van der Waals surface area contributed by atoms with Crippen LogP contribution in [0.2, 0.25) is 0 Å². The number of carbonyl (C=O) groups excluding carboxylic acids is 1. The SMILES string of the molecule is CC(C)[C@@](O)(C(=O)OCC1=CC[N+]2([O-])CC[C@@H](O)C12)[C@H](C)O. The molecular weight excluding hydrogens is 290 g/mol. The van der Waals surface area contributed by atoms with Gasteiger partial charge < -0.3 is 29.9 Å². The van der Waals surface area contributed by atoms with Crippen LogP contribution in [0.25, 0.3) is 0 Å². The number of nitrogens with zero attached hydrogens (tertiary/aromatic N) is 1. The minimum Gasteiger partial charge on any atom is -0.632 e. The summed E-state index contributed by atoms with van der Waals surface area (Å²) in [6.07, 6.45) is 0.127. The van der Waals surface area contributed by atoms with Gasteiger partial charge in [0.15, 0.2) is 5.60 Å². The van der Waals surface area contributed by atoms with E-state index in [-0.39, 0.29) is 13.2 Å². The highest BCUT2D eigenvalue weighted by atomic mass is 16.6. The van der Waals surface area contributed by atoms with E-state index in [4.69, 9.17) is 4.74 Å². The minimum absolute atomic E-state index is 0.148. The van der Waals surface area contributed by atoms with Gasteiger partial charge in [0.25, 0.3) is 0 Å². The third-order valence-corrected chi connectivity index (χ3v) is 4.93. The Labute approximate surface area is 130 Å². The normalized spacial score (nSPS) is 35.0. The molecule has 2 aliphatic rings. The van der Waals surface area contributed by atoms with Crippen LogP contribution in [0.3, 0.4) is 0 Å². The van der Waals surface area contributed by atoms with Crippen LogP contribution in [0.5, 0.6) is 0 Å². The predicted molar refractivity (Wildman–Crippen MR) is 78.3 cm³/mol. The summed E-state index contributed by atoms with van der Waals surface area (Å²) in [6.45, 7) is 5.02. The van der Waals surface area contributed by atoms with Gasteiger partial charge in [-0.3, -0.25) is 0 Å². The van der Waals surface area contributed by atoms with Gasteiger partial charge in [0.05, 0.1) is 19.2 Å². The largest absolute Gasteiger partial charge is 0.632 e. The van der Waals surface area contributed by atoms with E-state index >= 15 is 0 Å². The Morgan fingerprint density at radius 2 is 2.18 bits per heavy atom. The van der Waals surface area contributed by atoms with Crippen molar-refractivity contribution >= 4 is 5.97 Å². The van der Waals surface area contributed by atoms with Crippen LogP contribution < -0.4 is 0 Å². The number of rotatable bonds is 5. The lowest BCUT2D eigenvalue weighted by Gasteiger charge is -2.40. The Kier molecular flexibility index (Phi) is 4.66. The van der Waals surface area contributed by atoms with E-state index in [1.54, 1.807) is 19.9 Å². The number of esters is 1. The summed E-state index contributed by atoms with van der Waals surface area (Å²) in [5.74, 6) is -1.44. The van der Waals surface area contributed by atoms with Crippen LogP contribution in [0.1, 0.15) is 27.2 Å². The molecule has 0 amide bonds. The Morgan fingerprint density at radius 1 is 1.55 bits per heavy atom. The fraction of sp³-hybridized carbons (Fsp3) is 0.800. The van der Waals surface area contributed by atoms with Gasteiger partial charge in [0.2, 0.25) is 0 Å². The van der Waals surface area contributed by atoms with Crippen LogP contribution in [0.4, 0.5) is 0 Å². The highest BCUT2D eigenvalue weighted by Crippen LogP contribution is 2.36. The molecule has 2 aliphatic heterocycles. The lowest BCUT2D eigenvalue weighted by atomic mass is 9.85. The molecule has 22 heavy (non-hydrogen) atoms. The molecule has 0 saturated carbocycles. The molecule has 2 rings (SSSR count). The molecule has 7 nitrogen and oxygen atoms in total. The monoisotopic (exact) mass is 315 g/mol. The van der Waals surface area contributed by atoms with E-state index in [2.05, 4.69) is 0 Å². The second kappa shape index (κ2) is 5.90. The minimum atomic E-state index is -1.99. The topological polar surface area (TPSA) is 110 Å². The van der Waals surface area contributed by atoms with Crippen molar-refractivity contribution in [3.05, 3.63) is 16.9 Å². The van der Waals surface area contributed by atoms with Crippen LogP contribution in [-0.2, 0) is 9.53 Å². The van der Waals surface area contributed by atoms with Gasteiger partial charge in [-0.15, -0.1) is 0 Å². The van der Waals surface area contributed by atoms with E-state index in [1.807, 2.05) is 0 Å². The molecule has 3 N–H and O–H groups in total. The maximum atomic E-state index is 12.4. The summed E-state index contributed by atoms with van der Waals surface area (Å²) in [5.41, 5.74) is -1.40. The number of quaternary nitrogens is 1. The highest BCUT2D eigenvalue weighted by Gasteiger charge is 2.49. The zero-order valence-electron chi connectivity index (χ0n) is 13.2. The van der Waals surface area contributed by atoms with Crippen molar-refractivity contribution in [2.75, 3.05) is 19.7 Å². The molecule has 0 aromatic heterocycles. The van der Waals surface area contributed by atoms with Gasteiger partial charge in [-0.25, -0.2) is 4.79 Å². The Hall–Kier alpha value is -0.990. The first-order valence-electron chi connectivity index (χ1n) is 7.65. The molecule has 0 aromatic rings. The van der Waals surface area contributed by atoms with Crippen molar-refractivity contribution in [2.24, 2.45) is 5.92 Å². The number of carbonyl (C=O) groups is 1. The van der Waals surface area contributed by atoms with Crippen molar-refractivity contribution in [1.29, 1.82) is 0 Å². The summed E-state index contributed by atoms with van der Waals surface area (Å²) < 4.78 is 4.64. The van der Waals surface area contributed by atoms with E-state index in [1.165, 1.54) is 6.92 Å². The smallest absolute Gasteiger partial charge is 0.341 e. The van der Waals surface area contributed by atoms with Gasteiger partial charge in [0.1, 0.15) is 18.8 Å². The first kappa shape index (κ1) is 17.4. The molecule has 1 saturated heterocycles. The molecule has 126 valence electrons. The molecule has 2 unspecified atom stereocenters. The van der Waals surface area contributed by atoms with Crippen molar-refractivity contribution in [3.63, 3.8) is 0 Å². The quantitative estimate of drug-likeness (QED) is 0.278. The van der Waals surface area contributed by atoms with Crippen LogP contribution >= 0.6 is 0 Å². The molecule has 0 bridgehead atoms. The molecule has 0 aromatic carbocycles. The van der Waals surface area contributed by atoms with Gasteiger partial charge in [-0.2, -0.15) is 0 Å². The zero-order chi connectivity index (χ0) is 16.7. The molecular formula is C15H25NO6. The molecule has 0 aliphatic carbocycles. The van der Waals surface area contributed by atoms with Gasteiger partial charge >= 0.3 is 5.97 Å². The average Bonchev–Trinajstić information content (AvgIpc) is 2.92. The second-order valence-electron chi connectivity index (χ2n) is 6.67. The highest BCUT2D eigenvalue weighted by molar-refractivity contribution is 5.80. The van der Waals surface area contributed by atoms with Crippen molar-refractivity contribution < 1.29 is 29.5 Å². The Bertz CT molecular complexity index is 467. The Morgan fingerprint density at radius 3 is 2.73 bits per heavy atom. The zero-order valence-corrected chi connectivity index (χ0v) is 13.2. The maximum Gasteiger partial charge on any atom is 0.341 e. The third kappa shape index (κ3) is 2.68. The van der Waals surface area contributed by atoms with E-state index < -0.39 is 40.4 Å². The lowest BCUT2D eigenvalue weighted by Crippen LogP contribution is -2.53. The standard InChI is InChI=1S/C15H25NO6/c1-9(2)15(20,10(3)17)14(19)22-8-11-4-6-16(21)7-5-12(18)13(11)16/h4,9-10,12-13,17-18,20H,5-8H2,1-3H3/t10-,12+,13?,15-,16?/m0/s1. The van der Waals surface area contributed by atoms with E-state index in [0.717, 1.165) is 0 Å². The van der Waals surface area contributed by atoms with Gasteiger partial charge in [-0.1, -0.05) is 13.8 Å². The number of ether oxygens (including phenoxy) is 1. The number of hydroxylamine groups is 3. The molecule has 0 radical (unpaired) electrons. The van der Waals surface area contributed by atoms with Crippen molar-refractivity contribution in [3.8, 4) is 0 Å². The molecule has 0 spiro atoms. The lowest BCUT2D eigenvalue weighted by molar-refractivity contribution is -0.877. The number of hydrogen-bond acceptors (Lipinski definition) is 6. The number of fused-ring (bicyclic) bond motifs is 1. The number of aliphatic hydroxyl groups is 3. The summed E-state index contributed by atoms with van der Waals surface area (Å²) in [4.78, 5) is 12.2. The summed E-state index contributed by atoms with van der Waals surface area (Å²) in [7, 11) is 0. The van der Waals surface area contributed by atoms with Crippen molar-refractivity contribution in [2.45, 2.75) is 51.0 Å². The summed E-state index contributed by atoms with van der Waals surface area (Å²) in [6, 6.07) is -0.591. The maximum absolute atomic E-state index is 12.4. The van der Waals surface area contributed by atoms with Crippen molar-refractivity contribution in [1.82, 2.24) is 0 Å². The van der Waals surface area contributed by atoms with Gasteiger partial charge in [-0.05, 0) is 18.9 Å². The summed E-state index contributed by atoms with van der Waals surface area (Å²) in [5, 5.41) is 42.4. The molecule has 7 heteroatoms. The van der Waals surface area contributed by atoms with E-state index in [9.17, 15) is 25.3 Å². The predicted octanol–water partition coefficient (Wildman–Crippen LogP) is -0.315. The van der Waals surface area contributed by atoms with Crippen LogP contribution in [0.15, 0.2) is 11.6 Å². The fourth-order valence-corrected chi connectivity index (χ4v) is 3.41. The van der Waals surface area contributed by atoms with Crippen LogP contribution in [-0.4, -0.2) is 69.5 Å². The first-order valence-corrected chi connectivity index (χ1v) is 7.65. The number of hydrogen-bond donors (Lipinski definition) is 3. The first-order chi connectivity index (χ1) is 10.1. The average molecular weight is 315 g/mol. The molecule has 5 atom stereocenters. The third-order valence-electron chi connectivity index (χ3n) is 4.93.